The third-order valence-corrected chi connectivity index (χ3v) is 11.2. The molecule has 0 heterocycles. The lowest BCUT2D eigenvalue weighted by Gasteiger charge is -2.34. The Balaban J connectivity index is 1.56. The standard InChI is InChI=1S/C37H39Br2N3O5S/c1-2-47-33-20-18-32(19-21-33)42(48(45,46)34-22-16-30(39)17-23-34)26-36(43)41(25-28-12-14-29(38)15-13-28)35(24-27-8-4-3-5-9-27)37(44)40-31-10-6-7-11-31/h3-5,8-9,12-23,31,35H,2,6-7,10-11,24-26H2,1H3,(H,40,44)/t35-/m0/s1. The van der Waals surface area contributed by atoms with Crippen LogP contribution >= 0.6 is 31.9 Å². The Kier molecular flexibility index (Phi) is 12.3. The summed E-state index contributed by atoms with van der Waals surface area (Å²) < 4.78 is 36.8. The first-order valence-corrected chi connectivity index (χ1v) is 19.1. The van der Waals surface area contributed by atoms with Gasteiger partial charge in [-0.15, -0.1) is 0 Å². The maximum absolute atomic E-state index is 14.7. The smallest absolute Gasteiger partial charge is 0.264 e. The highest BCUT2D eigenvalue weighted by molar-refractivity contribution is 9.10. The molecule has 2 amide bonds. The molecule has 1 atom stereocenters. The average Bonchev–Trinajstić information content (AvgIpc) is 3.60. The van der Waals surface area contributed by atoms with Gasteiger partial charge < -0.3 is 15.0 Å². The summed E-state index contributed by atoms with van der Waals surface area (Å²) in [6.07, 6.45) is 4.13. The fourth-order valence-electron chi connectivity index (χ4n) is 5.85. The van der Waals surface area contributed by atoms with Gasteiger partial charge in [-0.3, -0.25) is 13.9 Å². The summed E-state index contributed by atoms with van der Waals surface area (Å²) in [5, 5.41) is 3.20. The van der Waals surface area contributed by atoms with Gasteiger partial charge in [0.15, 0.2) is 0 Å². The van der Waals surface area contributed by atoms with Crippen molar-refractivity contribution >= 4 is 59.4 Å². The van der Waals surface area contributed by atoms with Gasteiger partial charge in [-0.1, -0.05) is 87.2 Å². The lowest BCUT2D eigenvalue weighted by Crippen LogP contribution is -2.54. The van der Waals surface area contributed by atoms with Crippen LogP contribution in [0.25, 0.3) is 0 Å². The van der Waals surface area contributed by atoms with Crippen molar-refractivity contribution in [1.29, 1.82) is 0 Å². The summed E-state index contributed by atoms with van der Waals surface area (Å²) in [6.45, 7) is 1.91. The third-order valence-electron chi connectivity index (χ3n) is 8.36. The Bertz CT molecular complexity index is 1760. The zero-order valence-corrected chi connectivity index (χ0v) is 30.7. The molecular weight excluding hydrogens is 758 g/mol. The second-order valence-electron chi connectivity index (χ2n) is 11.7. The van der Waals surface area contributed by atoms with Crippen LogP contribution in [0.4, 0.5) is 5.69 Å². The van der Waals surface area contributed by atoms with Gasteiger partial charge in [0, 0.05) is 28.0 Å². The Morgan fingerprint density at radius 2 is 1.44 bits per heavy atom. The second kappa shape index (κ2) is 16.6. The molecule has 1 aliphatic rings. The molecule has 0 bridgehead atoms. The van der Waals surface area contributed by atoms with E-state index in [0.29, 0.717) is 18.0 Å². The number of nitrogens with zero attached hydrogens (tertiary/aromatic N) is 2. The van der Waals surface area contributed by atoms with Crippen LogP contribution in [0.2, 0.25) is 0 Å². The highest BCUT2D eigenvalue weighted by atomic mass is 79.9. The highest BCUT2D eigenvalue weighted by Crippen LogP contribution is 2.28. The Morgan fingerprint density at radius 1 is 0.833 bits per heavy atom. The monoisotopic (exact) mass is 795 g/mol. The first-order valence-electron chi connectivity index (χ1n) is 16.0. The molecule has 0 aliphatic heterocycles. The molecule has 1 saturated carbocycles. The van der Waals surface area contributed by atoms with Gasteiger partial charge in [0.05, 0.1) is 17.2 Å². The van der Waals surface area contributed by atoms with Crippen LogP contribution in [0.5, 0.6) is 5.75 Å². The number of ether oxygens (including phenoxy) is 1. The zero-order chi connectivity index (χ0) is 34.1. The molecular formula is C37H39Br2N3O5S. The summed E-state index contributed by atoms with van der Waals surface area (Å²) >= 11 is 6.85. The molecule has 0 aromatic heterocycles. The number of amides is 2. The van der Waals surface area contributed by atoms with Gasteiger partial charge in [0.1, 0.15) is 18.3 Å². The first-order chi connectivity index (χ1) is 23.1. The fraction of sp³-hybridized carbons (Fsp3) is 0.297. The third kappa shape index (κ3) is 9.27. The minimum Gasteiger partial charge on any atom is -0.494 e. The molecule has 8 nitrogen and oxygen atoms in total. The first kappa shape index (κ1) is 35.6. The van der Waals surface area contributed by atoms with Crippen molar-refractivity contribution in [2.45, 2.75) is 62.6 Å². The molecule has 1 aliphatic carbocycles. The van der Waals surface area contributed by atoms with E-state index in [0.717, 1.165) is 50.1 Å². The van der Waals surface area contributed by atoms with Gasteiger partial charge in [-0.25, -0.2) is 8.42 Å². The van der Waals surface area contributed by atoms with E-state index < -0.39 is 28.5 Å². The largest absolute Gasteiger partial charge is 0.494 e. The molecule has 0 spiro atoms. The molecule has 0 radical (unpaired) electrons. The molecule has 5 rings (SSSR count). The minimum atomic E-state index is -4.21. The van der Waals surface area contributed by atoms with Crippen molar-refractivity contribution in [3.05, 3.63) is 123 Å². The van der Waals surface area contributed by atoms with E-state index in [4.69, 9.17) is 4.74 Å². The van der Waals surface area contributed by atoms with Gasteiger partial charge in [-0.2, -0.15) is 0 Å². The van der Waals surface area contributed by atoms with E-state index in [-0.39, 0.29) is 29.8 Å². The minimum absolute atomic E-state index is 0.0339. The van der Waals surface area contributed by atoms with Crippen LogP contribution in [0.3, 0.4) is 0 Å². The summed E-state index contributed by atoms with van der Waals surface area (Å²) in [7, 11) is -4.21. The van der Waals surface area contributed by atoms with E-state index in [1.54, 1.807) is 36.4 Å². The van der Waals surface area contributed by atoms with Crippen molar-refractivity contribution in [2.75, 3.05) is 17.5 Å². The van der Waals surface area contributed by atoms with Crippen molar-refractivity contribution in [2.24, 2.45) is 0 Å². The number of hydrogen-bond acceptors (Lipinski definition) is 5. The number of halogens is 2. The quantitative estimate of drug-likeness (QED) is 0.143. The lowest BCUT2D eigenvalue weighted by molar-refractivity contribution is -0.140. The Labute approximate surface area is 299 Å². The van der Waals surface area contributed by atoms with Gasteiger partial charge in [-0.05, 0) is 91.6 Å². The molecule has 1 N–H and O–H groups in total. The van der Waals surface area contributed by atoms with Gasteiger partial charge in [0.25, 0.3) is 10.0 Å². The van der Waals surface area contributed by atoms with E-state index in [2.05, 4.69) is 37.2 Å². The van der Waals surface area contributed by atoms with Crippen molar-refractivity contribution < 1.29 is 22.7 Å². The molecule has 4 aromatic rings. The maximum atomic E-state index is 14.7. The lowest BCUT2D eigenvalue weighted by atomic mass is 10.0. The van der Waals surface area contributed by atoms with Gasteiger partial charge >= 0.3 is 0 Å². The number of anilines is 1. The van der Waals surface area contributed by atoms with Crippen molar-refractivity contribution in [1.82, 2.24) is 10.2 Å². The number of benzene rings is 4. The van der Waals surface area contributed by atoms with E-state index in [9.17, 15) is 18.0 Å². The Morgan fingerprint density at radius 3 is 2.04 bits per heavy atom. The van der Waals surface area contributed by atoms with E-state index >= 15 is 0 Å². The topological polar surface area (TPSA) is 96.0 Å². The second-order valence-corrected chi connectivity index (χ2v) is 15.4. The van der Waals surface area contributed by atoms with Crippen molar-refractivity contribution in [3.8, 4) is 5.75 Å². The molecule has 0 saturated heterocycles. The number of carbonyl (C=O) groups is 2. The fourth-order valence-corrected chi connectivity index (χ4v) is 7.79. The summed E-state index contributed by atoms with van der Waals surface area (Å²) in [4.78, 5) is 30.4. The predicted molar refractivity (Wildman–Crippen MR) is 195 cm³/mol. The normalized spacial score (nSPS) is 13.9. The molecule has 0 unspecified atom stereocenters. The molecule has 4 aromatic carbocycles. The van der Waals surface area contributed by atoms with Crippen LogP contribution in [0.15, 0.2) is 117 Å². The number of carbonyl (C=O) groups excluding carboxylic acids is 2. The van der Waals surface area contributed by atoms with E-state index in [1.165, 1.54) is 17.0 Å². The van der Waals surface area contributed by atoms with Crippen LogP contribution in [-0.4, -0.2) is 50.4 Å². The average molecular weight is 798 g/mol. The Hall–Kier alpha value is -3.67. The van der Waals surface area contributed by atoms with Crippen LogP contribution in [0.1, 0.15) is 43.7 Å². The van der Waals surface area contributed by atoms with Crippen LogP contribution in [-0.2, 0) is 32.6 Å². The van der Waals surface area contributed by atoms with Crippen LogP contribution in [0, 0.1) is 0 Å². The highest BCUT2D eigenvalue weighted by Gasteiger charge is 2.35. The van der Waals surface area contributed by atoms with E-state index in [1.807, 2.05) is 61.5 Å². The molecule has 1 fully saturated rings. The number of sulfonamides is 1. The number of nitrogens with one attached hydrogen (secondary N) is 1. The number of hydrogen-bond donors (Lipinski definition) is 1. The molecule has 11 heteroatoms. The van der Waals surface area contributed by atoms with Crippen molar-refractivity contribution in [3.63, 3.8) is 0 Å². The number of rotatable bonds is 14. The van der Waals surface area contributed by atoms with Crippen LogP contribution < -0.4 is 14.4 Å². The molecule has 48 heavy (non-hydrogen) atoms. The van der Waals surface area contributed by atoms with Gasteiger partial charge in [0.2, 0.25) is 11.8 Å². The summed E-state index contributed by atoms with van der Waals surface area (Å²) in [5.41, 5.74) is 2.00. The SMILES string of the molecule is CCOc1ccc(N(CC(=O)N(Cc2ccc(Br)cc2)[C@@H](Cc2ccccc2)C(=O)NC2CCCC2)S(=O)(=O)c2ccc(Br)cc2)cc1. The predicted octanol–water partition coefficient (Wildman–Crippen LogP) is 7.50. The zero-order valence-electron chi connectivity index (χ0n) is 26.7. The summed E-state index contributed by atoms with van der Waals surface area (Å²) in [5.74, 6) is -0.175. The maximum Gasteiger partial charge on any atom is 0.264 e. The molecule has 252 valence electrons. The summed E-state index contributed by atoms with van der Waals surface area (Å²) in [6, 6.07) is 29.2.